The van der Waals surface area contributed by atoms with Gasteiger partial charge in [0.25, 0.3) is 0 Å². The molecular weight excluding hydrogens is 504 g/mol. The Morgan fingerprint density at radius 2 is 1.67 bits per heavy atom. The maximum Gasteiger partial charge on any atom is 0.327 e. The van der Waals surface area contributed by atoms with E-state index in [1.165, 1.54) is 0 Å². The molecule has 0 saturated carbocycles. The van der Waals surface area contributed by atoms with E-state index in [0.717, 1.165) is 30.0 Å². The lowest BCUT2D eigenvalue weighted by molar-refractivity contribution is -0.131. The van der Waals surface area contributed by atoms with Crippen molar-refractivity contribution in [2.24, 2.45) is 0 Å². The highest BCUT2D eigenvalue weighted by Crippen LogP contribution is 2.34. The molecule has 0 saturated heterocycles. The van der Waals surface area contributed by atoms with Crippen molar-refractivity contribution in [2.45, 2.75) is 45.6 Å². The molecule has 1 N–H and O–H groups in total. The second kappa shape index (κ2) is 18.9. The first-order valence-electron chi connectivity index (χ1n) is 13.3. The van der Waals surface area contributed by atoms with Crippen LogP contribution in [0.3, 0.4) is 0 Å². The molecule has 0 spiro atoms. The highest BCUT2D eigenvalue weighted by molar-refractivity contribution is 5.79. The maximum absolute atomic E-state index is 10.9. The van der Waals surface area contributed by atoms with Crippen molar-refractivity contribution in [3.05, 3.63) is 59.7 Å². The van der Waals surface area contributed by atoms with E-state index in [1.54, 1.807) is 20.3 Å². The molecule has 9 heteroatoms. The summed E-state index contributed by atoms with van der Waals surface area (Å²) in [5.74, 6) is 1.52. The van der Waals surface area contributed by atoms with Gasteiger partial charge in [-0.2, -0.15) is 0 Å². The fourth-order valence-corrected chi connectivity index (χ4v) is 3.65. The number of carboxylic acids is 1. The van der Waals surface area contributed by atoms with Gasteiger partial charge in [0.15, 0.2) is 29.8 Å². The van der Waals surface area contributed by atoms with Crippen molar-refractivity contribution in [1.29, 1.82) is 0 Å². The molecule has 0 heterocycles. The zero-order valence-corrected chi connectivity index (χ0v) is 23.5. The minimum atomic E-state index is -0.982. The summed E-state index contributed by atoms with van der Waals surface area (Å²) < 4.78 is 39.5. The summed E-state index contributed by atoms with van der Waals surface area (Å²) in [4.78, 5) is 10.9. The van der Waals surface area contributed by atoms with Crippen molar-refractivity contribution in [3.63, 3.8) is 0 Å². The Bertz CT molecular complexity index is 1010. The van der Waals surface area contributed by atoms with Crippen LogP contribution in [-0.4, -0.2) is 65.1 Å². The van der Waals surface area contributed by atoms with E-state index in [1.807, 2.05) is 43.3 Å². The number of hydrogen-bond acceptors (Lipinski definition) is 8. The van der Waals surface area contributed by atoms with E-state index in [0.29, 0.717) is 68.9 Å². The number of methoxy groups -OCH3 is 2. The van der Waals surface area contributed by atoms with E-state index in [-0.39, 0.29) is 12.9 Å². The molecule has 0 aliphatic rings. The fraction of sp³-hybridized carbons (Fsp3) is 0.500. The molecule has 216 valence electrons. The van der Waals surface area contributed by atoms with Crippen LogP contribution in [0.25, 0.3) is 0 Å². The average Bonchev–Trinajstić information content (AvgIpc) is 2.93. The SMILES string of the molecule is CCCCOc1cc(C(CC=CC(=O)O)OCC)ccc1OCCc1ccc(OCOCCOC)c(OC)c1. The summed E-state index contributed by atoms with van der Waals surface area (Å²) in [5, 5.41) is 8.91. The van der Waals surface area contributed by atoms with Crippen molar-refractivity contribution < 1.29 is 43.1 Å². The van der Waals surface area contributed by atoms with E-state index < -0.39 is 5.97 Å². The molecule has 39 heavy (non-hydrogen) atoms. The first-order valence-corrected chi connectivity index (χ1v) is 13.3. The molecule has 2 rings (SSSR count). The van der Waals surface area contributed by atoms with Crippen molar-refractivity contribution in [3.8, 4) is 23.0 Å². The number of aliphatic carboxylic acids is 1. The zero-order chi connectivity index (χ0) is 28.3. The van der Waals surface area contributed by atoms with Crippen molar-refractivity contribution in [1.82, 2.24) is 0 Å². The van der Waals surface area contributed by atoms with Gasteiger partial charge < -0.3 is 38.3 Å². The van der Waals surface area contributed by atoms with Gasteiger partial charge in [-0.25, -0.2) is 4.79 Å². The van der Waals surface area contributed by atoms with E-state index in [2.05, 4.69) is 6.92 Å². The zero-order valence-electron chi connectivity index (χ0n) is 23.5. The molecule has 2 aromatic carbocycles. The van der Waals surface area contributed by atoms with Crippen LogP contribution in [0.1, 0.15) is 50.3 Å². The Hall–Kier alpha value is -3.27. The van der Waals surface area contributed by atoms with Gasteiger partial charge in [0, 0.05) is 26.2 Å². The fourth-order valence-electron chi connectivity index (χ4n) is 3.65. The Kier molecular flexibility index (Phi) is 15.5. The molecule has 1 atom stereocenters. The quantitative estimate of drug-likeness (QED) is 0.122. The van der Waals surface area contributed by atoms with Gasteiger partial charge in [-0.3, -0.25) is 0 Å². The Morgan fingerprint density at radius 3 is 2.38 bits per heavy atom. The Labute approximate surface area is 231 Å². The van der Waals surface area contributed by atoms with Crippen LogP contribution in [0.5, 0.6) is 23.0 Å². The van der Waals surface area contributed by atoms with Crippen LogP contribution >= 0.6 is 0 Å². The molecule has 0 radical (unpaired) electrons. The molecule has 0 fully saturated rings. The van der Waals surface area contributed by atoms with E-state index in [4.69, 9.17) is 38.3 Å². The first-order chi connectivity index (χ1) is 19.0. The summed E-state index contributed by atoms with van der Waals surface area (Å²) in [6.45, 7) is 6.59. The molecule has 0 aliphatic heterocycles. The molecule has 2 aromatic rings. The minimum Gasteiger partial charge on any atom is -0.493 e. The number of benzene rings is 2. The second-order valence-corrected chi connectivity index (χ2v) is 8.58. The van der Waals surface area contributed by atoms with Crippen LogP contribution in [0.4, 0.5) is 0 Å². The van der Waals surface area contributed by atoms with Crippen LogP contribution in [-0.2, 0) is 25.4 Å². The smallest absolute Gasteiger partial charge is 0.327 e. The topological polar surface area (TPSA) is 102 Å². The number of rotatable bonds is 21. The van der Waals surface area contributed by atoms with Crippen molar-refractivity contribution in [2.75, 3.05) is 54.0 Å². The molecule has 0 aromatic heterocycles. The second-order valence-electron chi connectivity index (χ2n) is 8.58. The predicted octanol–water partition coefficient (Wildman–Crippen LogP) is 5.60. The third kappa shape index (κ3) is 12.0. The summed E-state index contributed by atoms with van der Waals surface area (Å²) in [6, 6.07) is 11.5. The molecule has 0 bridgehead atoms. The van der Waals surface area contributed by atoms with E-state index in [9.17, 15) is 4.79 Å². The monoisotopic (exact) mass is 546 g/mol. The normalized spacial score (nSPS) is 11.9. The van der Waals surface area contributed by atoms with Crippen LogP contribution in [0.15, 0.2) is 48.6 Å². The lowest BCUT2D eigenvalue weighted by atomic mass is 10.1. The molecule has 9 nitrogen and oxygen atoms in total. The van der Waals surface area contributed by atoms with Gasteiger partial charge >= 0.3 is 5.97 Å². The molecule has 0 aliphatic carbocycles. The maximum atomic E-state index is 10.9. The van der Waals surface area contributed by atoms with Gasteiger partial charge in [0.05, 0.1) is 39.6 Å². The first kappa shape index (κ1) is 31.9. The molecule has 1 unspecified atom stereocenters. The highest BCUT2D eigenvalue weighted by atomic mass is 16.7. The summed E-state index contributed by atoms with van der Waals surface area (Å²) >= 11 is 0. The van der Waals surface area contributed by atoms with Gasteiger partial charge in [-0.15, -0.1) is 0 Å². The number of carboxylic acid groups (broad SMARTS) is 1. The minimum absolute atomic E-state index is 0.110. The van der Waals surface area contributed by atoms with Gasteiger partial charge in [-0.1, -0.05) is 31.6 Å². The third-order valence-electron chi connectivity index (χ3n) is 5.68. The number of unbranched alkanes of at least 4 members (excludes halogenated alkanes) is 1. The average molecular weight is 547 g/mol. The lowest BCUT2D eigenvalue weighted by Crippen LogP contribution is -2.09. The molecular formula is C30H42O9. The van der Waals surface area contributed by atoms with E-state index >= 15 is 0 Å². The van der Waals surface area contributed by atoms with Crippen LogP contribution in [0, 0.1) is 0 Å². The summed E-state index contributed by atoms with van der Waals surface area (Å²) in [6.07, 6.45) is 5.47. The number of hydrogen-bond donors (Lipinski definition) is 1. The molecule has 0 amide bonds. The summed E-state index contributed by atoms with van der Waals surface area (Å²) in [7, 11) is 3.22. The number of ether oxygens (including phenoxy) is 7. The van der Waals surface area contributed by atoms with Crippen LogP contribution < -0.4 is 18.9 Å². The number of carbonyl (C=O) groups is 1. The Balaban J connectivity index is 2.06. The third-order valence-corrected chi connectivity index (χ3v) is 5.68. The summed E-state index contributed by atoms with van der Waals surface area (Å²) in [5.41, 5.74) is 1.93. The standard InChI is InChI=1S/C30H42O9/c1-5-7-16-37-29-21-24(25(36-6-2)9-8-10-30(31)32)12-14-27(29)38-17-15-23-11-13-26(28(20-23)34-4)39-22-35-19-18-33-3/h8,10-14,20-21,25H,5-7,9,15-19,22H2,1-4H3,(H,31,32). The predicted molar refractivity (Wildman–Crippen MR) is 148 cm³/mol. The van der Waals surface area contributed by atoms with Crippen molar-refractivity contribution >= 4 is 5.97 Å². The Morgan fingerprint density at radius 1 is 0.897 bits per heavy atom. The van der Waals surface area contributed by atoms with Gasteiger partial charge in [0.1, 0.15) is 0 Å². The lowest BCUT2D eigenvalue weighted by Gasteiger charge is -2.19. The largest absolute Gasteiger partial charge is 0.493 e. The van der Waals surface area contributed by atoms with Crippen LogP contribution in [0.2, 0.25) is 0 Å². The van der Waals surface area contributed by atoms with Gasteiger partial charge in [0.2, 0.25) is 0 Å². The highest BCUT2D eigenvalue weighted by Gasteiger charge is 2.15. The van der Waals surface area contributed by atoms with Gasteiger partial charge in [-0.05, 0) is 55.2 Å².